The average molecular weight is 453 g/mol. The van der Waals surface area contributed by atoms with Crippen LogP contribution in [0.3, 0.4) is 0 Å². The molecule has 0 bridgehead atoms. The van der Waals surface area contributed by atoms with E-state index >= 15 is 0 Å². The third-order valence-electron chi connectivity index (χ3n) is 6.09. The number of carbonyl (C=O) groups excluding carboxylic acids is 1. The second-order valence-corrected chi connectivity index (χ2v) is 8.57. The number of fused-ring (bicyclic) bond motifs is 7. The number of anilines is 1. The van der Waals surface area contributed by atoms with Crippen LogP contribution >= 0.6 is 0 Å². The van der Waals surface area contributed by atoms with Crippen molar-refractivity contribution >= 4 is 55.6 Å². The van der Waals surface area contributed by atoms with Crippen molar-refractivity contribution in [2.45, 2.75) is 45.4 Å². The molecule has 0 aliphatic heterocycles. The fourth-order valence-corrected chi connectivity index (χ4v) is 4.36. The molecule has 2 N–H and O–H groups in total. The molecule has 3 heterocycles. The van der Waals surface area contributed by atoms with Crippen molar-refractivity contribution in [3.63, 3.8) is 0 Å². The van der Waals surface area contributed by atoms with E-state index in [0.29, 0.717) is 12.2 Å². The minimum atomic E-state index is -0.201. The zero-order valence-corrected chi connectivity index (χ0v) is 19.3. The van der Waals surface area contributed by atoms with Crippen molar-refractivity contribution in [3.8, 4) is 0 Å². The molecule has 172 valence electrons. The quantitative estimate of drug-likeness (QED) is 0.162. The van der Waals surface area contributed by atoms with Crippen molar-refractivity contribution in [2.75, 3.05) is 11.9 Å². The van der Waals surface area contributed by atoms with Gasteiger partial charge in [0.15, 0.2) is 0 Å². The molecular weight excluding hydrogens is 424 g/mol. The van der Waals surface area contributed by atoms with Gasteiger partial charge in [0.2, 0.25) is 0 Å². The summed E-state index contributed by atoms with van der Waals surface area (Å²) in [6, 6.07) is 13.2. The molecule has 2 amide bonds. The molecule has 34 heavy (non-hydrogen) atoms. The lowest BCUT2D eigenvalue weighted by molar-refractivity contribution is 0.252. The Morgan fingerprint density at radius 2 is 1.41 bits per heavy atom. The maximum absolute atomic E-state index is 12.3. The first-order chi connectivity index (χ1) is 16.7. The SMILES string of the molecule is CCCCCCCCNC(=O)Nc1ccc2nc3c4cccnc4c4ncccc4c3nc2c1. The van der Waals surface area contributed by atoms with Gasteiger partial charge in [-0.1, -0.05) is 39.0 Å². The second-order valence-electron chi connectivity index (χ2n) is 8.57. The summed E-state index contributed by atoms with van der Waals surface area (Å²) in [6.07, 6.45) is 10.7. The van der Waals surface area contributed by atoms with Gasteiger partial charge in [-0.3, -0.25) is 9.97 Å². The standard InChI is InChI=1S/C27H28N6O/c1-2-3-4-5-6-7-14-30-27(34)31-18-12-13-21-22(17-18)33-26-20-11-9-16-29-24(20)23-19(25(26)32-21)10-8-15-28-23/h8-13,15-17H,2-7,14H2,1H3,(H2,30,31,34). The van der Waals surface area contributed by atoms with E-state index in [1.807, 2.05) is 42.5 Å². The third-order valence-corrected chi connectivity index (χ3v) is 6.09. The molecule has 0 unspecified atom stereocenters. The Kier molecular flexibility index (Phi) is 6.42. The lowest BCUT2D eigenvalue weighted by Crippen LogP contribution is -2.29. The minimum Gasteiger partial charge on any atom is -0.338 e. The van der Waals surface area contributed by atoms with Gasteiger partial charge in [0.05, 0.1) is 33.1 Å². The van der Waals surface area contributed by atoms with Crippen LogP contribution in [-0.2, 0) is 0 Å². The Morgan fingerprint density at radius 1 is 0.765 bits per heavy atom. The van der Waals surface area contributed by atoms with E-state index in [4.69, 9.17) is 9.97 Å². The fourth-order valence-electron chi connectivity index (χ4n) is 4.36. The lowest BCUT2D eigenvalue weighted by atomic mass is 10.1. The highest BCUT2D eigenvalue weighted by molar-refractivity contribution is 6.21. The number of pyridine rings is 2. The van der Waals surface area contributed by atoms with Gasteiger partial charge in [-0.05, 0) is 48.9 Å². The molecule has 0 aliphatic rings. The molecule has 2 aromatic carbocycles. The number of benzene rings is 2. The van der Waals surface area contributed by atoms with Crippen LogP contribution in [0.4, 0.5) is 10.5 Å². The highest BCUT2D eigenvalue weighted by Crippen LogP contribution is 2.32. The minimum absolute atomic E-state index is 0.201. The molecule has 0 spiro atoms. The van der Waals surface area contributed by atoms with Gasteiger partial charge in [0, 0.05) is 35.4 Å². The first-order valence-electron chi connectivity index (χ1n) is 12.0. The van der Waals surface area contributed by atoms with Crippen molar-refractivity contribution in [1.82, 2.24) is 25.3 Å². The van der Waals surface area contributed by atoms with Gasteiger partial charge < -0.3 is 10.6 Å². The Labute approximate surface area is 198 Å². The summed E-state index contributed by atoms with van der Waals surface area (Å²) < 4.78 is 0. The summed E-state index contributed by atoms with van der Waals surface area (Å²) in [5.41, 5.74) is 5.37. The number of rotatable bonds is 8. The Balaban J connectivity index is 1.39. The summed E-state index contributed by atoms with van der Waals surface area (Å²) in [5, 5.41) is 7.70. The van der Waals surface area contributed by atoms with E-state index in [1.54, 1.807) is 12.4 Å². The monoisotopic (exact) mass is 452 g/mol. The van der Waals surface area contributed by atoms with Gasteiger partial charge in [-0.15, -0.1) is 0 Å². The predicted molar refractivity (Wildman–Crippen MR) is 138 cm³/mol. The van der Waals surface area contributed by atoms with Gasteiger partial charge in [-0.25, -0.2) is 14.8 Å². The predicted octanol–water partition coefficient (Wildman–Crippen LogP) is 6.36. The maximum Gasteiger partial charge on any atom is 0.319 e. The Hall–Kier alpha value is -3.87. The second kappa shape index (κ2) is 9.95. The van der Waals surface area contributed by atoms with Crippen molar-refractivity contribution in [2.24, 2.45) is 0 Å². The lowest BCUT2D eigenvalue weighted by Gasteiger charge is -2.10. The van der Waals surface area contributed by atoms with Gasteiger partial charge in [0.1, 0.15) is 0 Å². The molecule has 0 fully saturated rings. The summed E-state index contributed by atoms with van der Waals surface area (Å²) in [5.74, 6) is 0. The molecular formula is C27H28N6O. The molecule has 5 rings (SSSR count). The average Bonchev–Trinajstić information content (AvgIpc) is 2.87. The molecule has 0 aliphatic carbocycles. The van der Waals surface area contributed by atoms with Crippen LogP contribution < -0.4 is 10.6 Å². The number of hydrogen-bond donors (Lipinski definition) is 2. The Bertz CT molecular complexity index is 1480. The molecule has 7 heteroatoms. The van der Waals surface area contributed by atoms with E-state index < -0.39 is 0 Å². The number of hydrogen-bond acceptors (Lipinski definition) is 5. The summed E-state index contributed by atoms with van der Waals surface area (Å²) in [7, 11) is 0. The molecule has 5 aromatic rings. The van der Waals surface area contributed by atoms with Crippen LogP contribution in [0, 0.1) is 0 Å². The molecule has 0 saturated carbocycles. The number of carbonyl (C=O) groups is 1. The number of aromatic nitrogens is 4. The number of amides is 2. The smallest absolute Gasteiger partial charge is 0.319 e. The zero-order chi connectivity index (χ0) is 23.3. The number of nitrogens with zero attached hydrogens (tertiary/aromatic N) is 4. The largest absolute Gasteiger partial charge is 0.338 e. The van der Waals surface area contributed by atoms with Crippen LogP contribution in [0.15, 0.2) is 54.9 Å². The molecule has 0 atom stereocenters. The van der Waals surface area contributed by atoms with E-state index in [1.165, 1.54) is 25.7 Å². The van der Waals surface area contributed by atoms with E-state index in [0.717, 1.165) is 56.7 Å². The Morgan fingerprint density at radius 3 is 2.12 bits per heavy atom. The third kappa shape index (κ3) is 4.46. The molecule has 0 radical (unpaired) electrons. The van der Waals surface area contributed by atoms with E-state index in [2.05, 4.69) is 27.5 Å². The first kappa shape index (κ1) is 21.9. The van der Waals surface area contributed by atoms with E-state index in [9.17, 15) is 4.79 Å². The van der Waals surface area contributed by atoms with Gasteiger partial charge in [-0.2, -0.15) is 0 Å². The molecule has 0 saturated heterocycles. The molecule has 7 nitrogen and oxygen atoms in total. The number of nitrogens with one attached hydrogen (secondary N) is 2. The van der Waals surface area contributed by atoms with Crippen LogP contribution in [0.25, 0.3) is 43.9 Å². The van der Waals surface area contributed by atoms with E-state index in [-0.39, 0.29) is 6.03 Å². The van der Waals surface area contributed by atoms with Crippen LogP contribution in [-0.4, -0.2) is 32.5 Å². The van der Waals surface area contributed by atoms with Crippen LogP contribution in [0.1, 0.15) is 45.4 Å². The number of unbranched alkanes of at least 4 members (excludes halogenated alkanes) is 5. The highest BCUT2D eigenvalue weighted by atomic mass is 16.2. The zero-order valence-electron chi connectivity index (χ0n) is 19.3. The topological polar surface area (TPSA) is 92.7 Å². The normalized spacial score (nSPS) is 11.4. The summed E-state index contributed by atoms with van der Waals surface area (Å²) in [6.45, 7) is 2.89. The maximum atomic E-state index is 12.3. The summed E-state index contributed by atoms with van der Waals surface area (Å²) in [4.78, 5) is 31.3. The first-order valence-corrected chi connectivity index (χ1v) is 12.0. The van der Waals surface area contributed by atoms with Crippen LogP contribution in [0.5, 0.6) is 0 Å². The summed E-state index contributed by atoms with van der Waals surface area (Å²) >= 11 is 0. The number of urea groups is 1. The van der Waals surface area contributed by atoms with Gasteiger partial charge >= 0.3 is 6.03 Å². The molecule has 3 aromatic heterocycles. The van der Waals surface area contributed by atoms with Crippen LogP contribution in [0.2, 0.25) is 0 Å². The van der Waals surface area contributed by atoms with Crippen molar-refractivity contribution < 1.29 is 4.79 Å². The van der Waals surface area contributed by atoms with Crippen molar-refractivity contribution in [1.29, 1.82) is 0 Å². The highest BCUT2D eigenvalue weighted by Gasteiger charge is 2.14. The fraction of sp³-hybridized carbons (Fsp3) is 0.296. The van der Waals surface area contributed by atoms with Gasteiger partial charge in [0.25, 0.3) is 0 Å². The van der Waals surface area contributed by atoms with Crippen molar-refractivity contribution in [3.05, 3.63) is 54.9 Å².